The highest BCUT2D eigenvalue weighted by Crippen LogP contribution is 2.30. The van der Waals surface area contributed by atoms with Crippen LogP contribution in [0, 0.1) is 11.7 Å². The number of hydrogen-bond acceptors (Lipinski definition) is 3. The molecule has 0 bridgehead atoms. The first-order chi connectivity index (χ1) is 12.4. The summed E-state index contributed by atoms with van der Waals surface area (Å²) in [4.78, 5) is 23.8. The summed E-state index contributed by atoms with van der Waals surface area (Å²) in [6.45, 7) is 0.198. The van der Waals surface area contributed by atoms with Crippen molar-refractivity contribution in [1.29, 1.82) is 0 Å². The van der Waals surface area contributed by atoms with E-state index in [4.69, 9.17) is 21.4 Å². The Balaban J connectivity index is 1.73. The molecule has 136 valence electrons. The van der Waals surface area contributed by atoms with Crippen molar-refractivity contribution >= 4 is 23.5 Å². The summed E-state index contributed by atoms with van der Waals surface area (Å²) < 4.78 is 18.7. The molecule has 5 nitrogen and oxygen atoms in total. The SMILES string of the molecule is O=C(O)C[C@H](NC(=O)[C@H]1COc2ccc(Cl)cc2C1)c1ccc(F)cc1. The number of halogens is 2. The Labute approximate surface area is 154 Å². The molecule has 0 aromatic heterocycles. The maximum atomic E-state index is 13.1. The monoisotopic (exact) mass is 377 g/mol. The molecule has 2 N–H and O–H groups in total. The van der Waals surface area contributed by atoms with Gasteiger partial charge in [0.05, 0.1) is 18.4 Å². The summed E-state index contributed by atoms with van der Waals surface area (Å²) >= 11 is 5.99. The number of carbonyl (C=O) groups is 2. The molecule has 1 aliphatic rings. The quantitative estimate of drug-likeness (QED) is 0.837. The summed E-state index contributed by atoms with van der Waals surface area (Å²) in [5.74, 6) is -1.57. The molecule has 2 atom stereocenters. The lowest BCUT2D eigenvalue weighted by atomic mass is 9.95. The van der Waals surface area contributed by atoms with Crippen LogP contribution in [0.2, 0.25) is 5.02 Å². The van der Waals surface area contributed by atoms with Crippen molar-refractivity contribution in [1.82, 2.24) is 5.32 Å². The Morgan fingerprint density at radius 1 is 1.27 bits per heavy atom. The minimum Gasteiger partial charge on any atom is -0.492 e. The van der Waals surface area contributed by atoms with Gasteiger partial charge in [0.1, 0.15) is 18.2 Å². The third kappa shape index (κ3) is 4.32. The van der Waals surface area contributed by atoms with E-state index in [-0.39, 0.29) is 18.9 Å². The maximum Gasteiger partial charge on any atom is 0.305 e. The standard InChI is InChI=1S/C19H17ClFNO4/c20-14-3-6-17-12(8-14)7-13(10-26-17)19(25)22-16(9-18(23)24)11-1-4-15(21)5-2-11/h1-6,8,13,16H,7,9-10H2,(H,22,25)(H,23,24)/t13-,16+/m1/s1. The second-order valence-electron chi connectivity index (χ2n) is 6.17. The van der Waals surface area contributed by atoms with E-state index in [1.54, 1.807) is 18.2 Å². The lowest BCUT2D eigenvalue weighted by Crippen LogP contribution is -2.39. The first kappa shape index (κ1) is 18.2. The van der Waals surface area contributed by atoms with Gasteiger partial charge in [-0.05, 0) is 47.9 Å². The Kier molecular flexibility index (Phi) is 5.42. The Hall–Kier alpha value is -2.60. The van der Waals surface area contributed by atoms with Gasteiger partial charge in [0.25, 0.3) is 0 Å². The smallest absolute Gasteiger partial charge is 0.305 e. The molecular weight excluding hydrogens is 361 g/mol. The molecule has 1 aliphatic heterocycles. The first-order valence-electron chi connectivity index (χ1n) is 8.11. The van der Waals surface area contributed by atoms with E-state index in [1.165, 1.54) is 24.3 Å². The molecule has 26 heavy (non-hydrogen) atoms. The highest BCUT2D eigenvalue weighted by atomic mass is 35.5. The Morgan fingerprint density at radius 2 is 2.00 bits per heavy atom. The molecule has 7 heteroatoms. The molecular formula is C19H17ClFNO4. The summed E-state index contributed by atoms with van der Waals surface area (Å²) in [7, 11) is 0. The summed E-state index contributed by atoms with van der Waals surface area (Å²) in [5, 5.41) is 12.4. The third-order valence-electron chi connectivity index (χ3n) is 4.27. The topological polar surface area (TPSA) is 75.6 Å². The minimum absolute atomic E-state index is 0.198. The zero-order valence-electron chi connectivity index (χ0n) is 13.7. The van der Waals surface area contributed by atoms with E-state index in [1.807, 2.05) is 0 Å². The van der Waals surface area contributed by atoms with E-state index in [2.05, 4.69) is 5.32 Å². The highest BCUT2D eigenvalue weighted by Gasteiger charge is 2.28. The number of fused-ring (bicyclic) bond motifs is 1. The van der Waals surface area contributed by atoms with Crippen molar-refractivity contribution in [3.63, 3.8) is 0 Å². The Morgan fingerprint density at radius 3 is 2.69 bits per heavy atom. The number of amides is 1. The largest absolute Gasteiger partial charge is 0.492 e. The second kappa shape index (κ2) is 7.74. The van der Waals surface area contributed by atoms with Gasteiger partial charge in [-0.15, -0.1) is 0 Å². The molecule has 1 heterocycles. The average molecular weight is 378 g/mol. The van der Waals surface area contributed by atoms with E-state index < -0.39 is 23.7 Å². The van der Waals surface area contributed by atoms with Crippen molar-refractivity contribution in [2.75, 3.05) is 6.61 Å². The maximum absolute atomic E-state index is 13.1. The van der Waals surface area contributed by atoms with E-state index in [0.717, 1.165) is 5.56 Å². The van der Waals surface area contributed by atoms with Crippen LogP contribution in [-0.2, 0) is 16.0 Å². The fourth-order valence-corrected chi connectivity index (χ4v) is 3.14. The number of aliphatic carboxylic acids is 1. The number of carbonyl (C=O) groups excluding carboxylic acids is 1. The van der Waals surface area contributed by atoms with E-state index in [9.17, 15) is 14.0 Å². The molecule has 1 amide bonds. The normalized spacial score (nSPS) is 16.9. The van der Waals surface area contributed by atoms with Crippen LogP contribution in [-0.4, -0.2) is 23.6 Å². The molecule has 0 spiro atoms. The van der Waals surface area contributed by atoms with Gasteiger partial charge in [-0.1, -0.05) is 23.7 Å². The number of hydrogen-bond donors (Lipinski definition) is 2. The third-order valence-corrected chi connectivity index (χ3v) is 4.50. The lowest BCUT2D eigenvalue weighted by Gasteiger charge is -2.27. The van der Waals surface area contributed by atoms with Crippen molar-refractivity contribution in [3.8, 4) is 5.75 Å². The predicted molar refractivity (Wildman–Crippen MR) is 93.7 cm³/mol. The van der Waals surface area contributed by atoms with Crippen LogP contribution in [0.5, 0.6) is 5.75 Å². The number of nitrogens with one attached hydrogen (secondary N) is 1. The number of rotatable bonds is 5. The molecule has 3 rings (SSSR count). The van der Waals surface area contributed by atoms with Crippen LogP contribution in [0.25, 0.3) is 0 Å². The van der Waals surface area contributed by atoms with Gasteiger partial charge >= 0.3 is 5.97 Å². The van der Waals surface area contributed by atoms with Gasteiger partial charge in [-0.3, -0.25) is 9.59 Å². The number of benzene rings is 2. The predicted octanol–water partition coefficient (Wildman–Crippen LogP) is 3.36. The number of carboxylic acids is 1. The van der Waals surface area contributed by atoms with Crippen LogP contribution in [0.3, 0.4) is 0 Å². The molecule has 0 saturated heterocycles. The lowest BCUT2D eigenvalue weighted by molar-refractivity contribution is -0.138. The molecule has 0 radical (unpaired) electrons. The summed E-state index contributed by atoms with van der Waals surface area (Å²) in [6.07, 6.45) is 0.151. The summed E-state index contributed by atoms with van der Waals surface area (Å²) in [6, 6.07) is 9.89. The van der Waals surface area contributed by atoms with Gasteiger partial charge in [0, 0.05) is 5.02 Å². The van der Waals surface area contributed by atoms with Crippen LogP contribution in [0.15, 0.2) is 42.5 Å². The summed E-state index contributed by atoms with van der Waals surface area (Å²) in [5.41, 5.74) is 1.36. The molecule has 0 fully saturated rings. The average Bonchev–Trinajstić information content (AvgIpc) is 2.60. The van der Waals surface area contributed by atoms with Crippen LogP contribution in [0.4, 0.5) is 4.39 Å². The van der Waals surface area contributed by atoms with E-state index in [0.29, 0.717) is 22.8 Å². The van der Waals surface area contributed by atoms with Crippen LogP contribution >= 0.6 is 11.6 Å². The van der Waals surface area contributed by atoms with Crippen molar-refractivity contribution in [3.05, 3.63) is 64.4 Å². The highest BCUT2D eigenvalue weighted by molar-refractivity contribution is 6.30. The molecule has 0 unspecified atom stereocenters. The fourth-order valence-electron chi connectivity index (χ4n) is 2.94. The van der Waals surface area contributed by atoms with Crippen LogP contribution < -0.4 is 10.1 Å². The van der Waals surface area contributed by atoms with Crippen molar-refractivity contribution in [2.24, 2.45) is 5.92 Å². The Bertz CT molecular complexity index is 825. The molecule has 2 aromatic rings. The molecule has 2 aromatic carbocycles. The van der Waals surface area contributed by atoms with E-state index >= 15 is 0 Å². The van der Waals surface area contributed by atoms with Gasteiger partial charge < -0.3 is 15.2 Å². The van der Waals surface area contributed by atoms with Gasteiger partial charge in [-0.25, -0.2) is 4.39 Å². The molecule has 0 aliphatic carbocycles. The van der Waals surface area contributed by atoms with Crippen LogP contribution in [0.1, 0.15) is 23.6 Å². The van der Waals surface area contributed by atoms with Crippen molar-refractivity contribution in [2.45, 2.75) is 18.9 Å². The van der Waals surface area contributed by atoms with Gasteiger partial charge in [-0.2, -0.15) is 0 Å². The zero-order chi connectivity index (χ0) is 18.7. The van der Waals surface area contributed by atoms with Gasteiger partial charge in [0.15, 0.2) is 0 Å². The number of carboxylic acid groups (broad SMARTS) is 1. The zero-order valence-corrected chi connectivity index (χ0v) is 14.5. The second-order valence-corrected chi connectivity index (χ2v) is 6.61. The van der Waals surface area contributed by atoms with Gasteiger partial charge in [0.2, 0.25) is 5.91 Å². The molecule has 0 saturated carbocycles. The fraction of sp³-hybridized carbons (Fsp3) is 0.263. The first-order valence-corrected chi connectivity index (χ1v) is 8.49. The van der Waals surface area contributed by atoms with Crippen molar-refractivity contribution < 1.29 is 23.8 Å². The number of ether oxygens (including phenoxy) is 1. The minimum atomic E-state index is -1.06.